The number of hydrogen-bond acceptors (Lipinski definition) is 6. The highest BCUT2D eigenvalue weighted by Gasteiger charge is 2.50. The predicted octanol–water partition coefficient (Wildman–Crippen LogP) is 0.843. The quantitative estimate of drug-likeness (QED) is 0.792. The van der Waals surface area contributed by atoms with Gasteiger partial charge in [0.05, 0.1) is 12.6 Å². The maximum absolute atomic E-state index is 12.6. The van der Waals surface area contributed by atoms with Crippen LogP contribution in [0.1, 0.15) is 6.92 Å². The molecule has 1 aromatic rings. The van der Waals surface area contributed by atoms with E-state index in [0.29, 0.717) is 17.2 Å². The molecule has 0 spiro atoms. The SMILES string of the molecule is CC1OC2OC3=C(SC2C(O)C1O)C(=O)N(c1ccccc1)C3. The molecule has 0 radical (unpaired) electrons. The molecule has 23 heavy (non-hydrogen) atoms. The maximum atomic E-state index is 12.6. The van der Waals surface area contributed by atoms with Crippen molar-refractivity contribution < 1.29 is 24.5 Å². The second-order valence-corrected chi connectivity index (χ2v) is 7.06. The van der Waals surface area contributed by atoms with Gasteiger partial charge in [0.1, 0.15) is 28.1 Å². The minimum atomic E-state index is -0.999. The van der Waals surface area contributed by atoms with Gasteiger partial charge < -0.3 is 24.6 Å². The third-order valence-electron chi connectivity index (χ3n) is 4.36. The molecule has 3 aliphatic rings. The summed E-state index contributed by atoms with van der Waals surface area (Å²) in [7, 11) is 0. The third kappa shape index (κ3) is 2.35. The lowest BCUT2D eigenvalue weighted by Crippen LogP contribution is -2.56. The van der Waals surface area contributed by atoms with Gasteiger partial charge in [-0.2, -0.15) is 0 Å². The Bertz CT molecular complexity index is 664. The van der Waals surface area contributed by atoms with Crippen molar-refractivity contribution in [3.63, 3.8) is 0 Å². The number of aliphatic hydroxyl groups is 2. The van der Waals surface area contributed by atoms with E-state index >= 15 is 0 Å². The number of hydrogen-bond donors (Lipinski definition) is 2. The van der Waals surface area contributed by atoms with E-state index in [0.717, 1.165) is 5.69 Å². The lowest BCUT2D eigenvalue weighted by atomic mass is 10.0. The second-order valence-electron chi connectivity index (χ2n) is 5.87. The van der Waals surface area contributed by atoms with E-state index in [9.17, 15) is 15.0 Å². The summed E-state index contributed by atoms with van der Waals surface area (Å²) in [4.78, 5) is 14.8. The van der Waals surface area contributed by atoms with Crippen molar-refractivity contribution in [1.82, 2.24) is 0 Å². The maximum Gasteiger partial charge on any atom is 0.268 e. The van der Waals surface area contributed by atoms with E-state index in [-0.39, 0.29) is 5.91 Å². The molecule has 0 aromatic heterocycles. The predicted molar refractivity (Wildman–Crippen MR) is 84.6 cm³/mol. The molecule has 0 bridgehead atoms. The zero-order chi connectivity index (χ0) is 16.1. The first-order valence-corrected chi connectivity index (χ1v) is 8.39. The number of anilines is 1. The summed E-state index contributed by atoms with van der Waals surface area (Å²) < 4.78 is 11.5. The average Bonchev–Trinajstić information content (AvgIpc) is 2.88. The molecular formula is C16H17NO5S. The molecule has 7 heteroatoms. The van der Waals surface area contributed by atoms with E-state index in [1.165, 1.54) is 11.8 Å². The smallest absolute Gasteiger partial charge is 0.268 e. The number of nitrogens with zero attached hydrogens (tertiary/aromatic N) is 1. The molecule has 3 aliphatic heterocycles. The first-order valence-electron chi connectivity index (χ1n) is 7.51. The number of ether oxygens (including phenoxy) is 2. The Kier molecular flexibility index (Phi) is 3.60. The van der Waals surface area contributed by atoms with Gasteiger partial charge in [-0.1, -0.05) is 18.2 Å². The van der Waals surface area contributed by atoms with Crippen LogP contribution in [0.2, 0.25) is 0 Å². The van der Waals surface area contributed by atoms with Crippen molar-refractivity contribution in [2.24, 2.45) is 0 Å². The number of aliphatic hydroxyl groups excluding tert-OH is 2. The minimum absolute atomic E-state index is 0.144. The van der Waals surface area contributed by atoms with Crippen LogP contribution in [0.15, 0.2) is 41.0 Å². The van der Waals surface area contributed by atoms with Gasteiger partial charge in [0.15, 0.2) is 0 Å². The monoisotopic (exact) mass is 335 g/mol. The van der Waals surface area contributed by atoms with Gasteiger partial charge in [-0.25, -0.2) is 0 Å². The van der Waals surface area contributed by atoms with Crippen LogP contribution in [0, 0.1) is 0 Å². The summed E-state index contributed by atoms with van der Waals surface area (Å²) in [5, 5.41) is 19.7. The molecule has 5 atom stereocenters. The molecular weight excluding hydrogens is 318 g/mol. The number of thioether (sulfide) groups is 1. The summed E-state index contributed by atoms with van der Waals surface area (Å²) in [6.07, 6.45) is -3.16. The second kappa shape index (κ2) is 5.52. The molecule has 2 N–H and O–H groups in total. The molecule has 3 heterocycles. The van der Waals surface area contributed by atoms with Crippen molar-refractivity contribution in [1.29, 1.82) is 0 Å². The molecule has 1 saturated heterocycles. The topological polar surface area (TPSA) is 79.2 Å². The first kappa shape index (κ1) is 15.0. The van der Waals surface area contributed by atoms with Gasteiger partial charge >= 0.3 is 0 Å². The van der Waals surface area contributed by atoms with Crippen molar-refractivity contribution in [2.75, 3.05) is 11.4 Å². The number of benzene rings is 1. The van der Waals surface area contributed by atoms with Gasteiger partial charge in [-0.3, -0.25) is 4.79 Å². The van der Waals surface area contributed by atoms with Crippen LogP contribution in [0.5, 0.6) is 0 Å². The molecule has 1 aromatic carbocycles. The van der Waals surface area contributed by atoms with Crippen molar-refractivity contribution >= 4 is 23.4 Å². The molecule has 1 amide bonds. The Balaban J connectivity index is 1.60. The van der Waals surface area contributed by atoms with Crippen LogP contribution >= 0.6 is 11.8 Å². The highest BCUT2D eigenvalue weighted by atomic mass is 32.2. The summed E-state index contributed by atoms with van der Waals surface area (Å²) in [6.45, 7) is 2.04. The molecule has 5 unspecified atom stereocenters. The fraction of sp³-hybridized carbons (Fsp3) is 0.438. The number of amides is 1. The highest BCUT2D eigenvalue weighted by molar-refractivity contribution is 8.04. The van der Waals surface area contributed by atoms with E-state index < -0.39 is 29.9 Å². The van der Waals surface area contributed by atoms with Gasteiger partial charge in [-0.15, -0.1) is 11.8 Å². The fourth-order valence-corrected chi connectivity index (χ4v) is 4.31. The number of carbonyl (C=O) groups is 1. The normalized spacial score (nSPS) is 36.6. The lowest BCUT2D eigenvalue weighted by molar-refractivity contribution is -0.229. The Morgan fingerprint density at radius 1 is 1.22 bits per heavy atom. The molecule has 6 nitrogen and oxygen atoms in total. The Labute approximate surface area is 137 Å². The van der Waals surface area contributed by atoms with E-state index in [4.69, 9.17) is 9.47 Å². The minimum Gasteiger partial charge on any atom is -0.465 e. The van der Waals surface area contributed by atoms with Crippen molar-refractivity contribution in [2.45, 2.75) is 36.8 Å². The number of para-hydroxylation sites is 1. The van der Waals surface area contributed by atoms with Crippen LogP contribution in [-0.2, 0) is 14.3 Å². The van der Waals surface area contributed by atoms with Crippen molar-refractivity contribution in [3.8, 4) is 0 Å². The molecule has 0 saturated carbocycles. The largest absolute Gasteiger partial charge is 0.465 e. The van der Waals surface area contributed by atoms with Gasteiger partial charge in [-0.05, 0) is 19.1 Å². The highest BCUT2D eigenvalue weighted by Crippen LogP contribution is 2.45. The van der Waals surface area contributed by atoms with E-state index in [2.05, 4.69) is 0 Å². The molecule has 1 fully saturated rings. The average molecular weight is 335 g/mol. The summed E-state index contributed by atoms with van der Waals surface area (Å²) >= 11 is 1.23. The first-order chi connectivity index (χ1) is 11.1. The van der Waals surface area contributed by atoms with E-state index in [1.54, 1.807) is 11.8 Å². The standard InChI is InChI=1S/C16H17NO5S/c1-8-11(18)12(19)14-16(21-8)22-10-7-17(15(20)13(10)23-14)9-5-3-2-4-6-9/h2-6,8,11-12,14,16,18-19H,7H2,1H3. The zero-order valence-electron chi connectivity index (χ0n) is 12.5. The van der Waals surface area contributed by atoms with Crippen LogP contribution in [-0.4, -0.2) is 52.5 Å². The summed E-state index contributed by atoms with van der Waals surface area (Å²) in [6, 6.07) is 9.37. The Morgan fingerprint density at radius 3 is 2.70 bits per heavy atom. The Hall–Kier alpha value is -1.54. The molecule has 4 rings (SSSR count). The molecule has 0 aliphatic carbocycles. The lowest BCUT2D eigenvalue weighted by Gasteiger charge is -2.43. The van der Waals surface area contributed by atoms with Crippen LogP contribution < -0.4 is 4.90 Å². The van der Waals surface area contributed by atoms with Crippen LogP contribution in [0.25, 0.3) is 0 Å². The zero-order valence-corrected chi connectivity index (χ0v) is 13.3. The summed E-state index contributed by atoms with van der Waals surface area (Å²) in [5.74, 6) is 0.427. The number of fused-ring (bicyclic) bond motifs is 1. The van der Waals surface area contributed by atoms with Gasteiger partial charge in [0.2, 0.25) is 6.29 Å². The third-order valence-corrected chi connectivity index (χ3v) is 5.77. The number of rotatable bonds is 1. The van der Waals surface area contributed by atoms with Gasteiger partial charge in [0.25, 0.3) is 5.91 Å². The van der Waals surface area contributed by atoms with Gasteiger partial charge in [0, 0.05) is 5.69 Å². The van der Waals surface area contributed by atoms with Crippen LogP contribution in [0.4, 0.5) is 5.69 Å². The Morgan fingerprint density at radius 2 is 1.96 bits per heavy atom. The number of carbonyl (C=O) groups excluding carboxylic acids is 1. The molecule has 122 valence electrons. The van der Waals surface area contributed by atoms with Crippen molar-refractivity contribution in [3.05, 3.63) is 41.0 Å². The van der Waals surface area contributed by atoms with E-state index in [1.807, 2.05) is 30.3 Å². The summed E-state index contributed by atoms with van der Waals surface area (Å²) in [5.41, 5.74) is 0.800. The van der Waals surface area contributed by atoms with Crippen LogP contribution in [0.3, 0.4) is 0 Å². The fourth-order valence-electron chi connectivity index (χ4n) is 3.05.